The Morgan fingerprint density at radius 2 is 0.590 bits per heavy atom. The summed E-state index contributed by atoms with van der Waals surface area (Å²) in [5, 5.41) is 7.57. The number of para-hydroxylation sites is 3. The highest BCUT2D eigenvalue weighted by atomic mass is 15.0. The molecule has 2 aliphatic carbocycles. The Labute approximate surface area is 454 Å². The Hall–Kier alpha value is -9.50. The molecule has 16 rings (SSSR count). The monoisotopic (exact) mass is 994 g/mol. The van der Waals surface area contributed by atoms with Crippen LogP contribution in [0.15, 0.2) is 255 Å². The number of hydrogen-bond donors (Lipinski definition) is 0. The lowest BCUT2D eigenvalue weighted by atomic mass is 9.79. The standard InChI is InChI=1S/C76H54N2/c1-75(2)66-43-52(48-27-25-47(26-28-48)50-33-39-73-64(41-50)62-20-10-12-22-71(62)77(73)56-17-6-5-7-18-56)29-35-58(66)60-37-31-54(45-68(60)75)55-32-38-61-59-36-30-53(44-67(59)76(3,4)69(61)46-55)51-34-40-74-65(42-51)63-21-11-13-23-72(63)78(74)70-24-14-16-49-15-8-9-19-57(49)70/h5-46H,1-4H3. The van der Waals surface area contributed by atoms with Crippen LogP contribution in [-0.4, -0.2) is 9.13 Å². The molecule has 2 heterocycles. The van der Waals surface area contributed by atoms with E-state index in [2.05, 4.69) is 292 Å². The molecular weight excluding hydrogens is 941 g/mol. The van der Waals surface area contributed by atoms with Gasteiger partial charge in [0.2, 0.25) is 0 Å². The van der Waals surface area contributed by atoms with Gasteiger partial charge in [0, 0.05) is 43.4 Å². The molecule has 0 amide bonds. The molecule has 12 aromatic carbocycles. The third-order valence-electron chi connectivity index (χ3n) is 17.9. The highest BCUT2D eigenvalue weighted by Crippen LogP contribution is 2.54. The minimum atomic E-state index is -0.177. The van der Waals surface area contributed by atoms with Crippen molar-refractivity contribution in [3.8, 4) is 78.1 Å². The van der Waals surface area contributed by atoms with Gasteiger partial charge in [-0.1, -0.05) is 204 Å². The van der Waals surface area contributed by atoms with Crippen LogP contribution >= 0.6 is 0 Å². The summed E-state index contributed by atoms with van der Waals surface area (Å²) in [6.45, 7) is 9.62. The number of hydrogen-bond acceptors (Lipinski definition) is 0. The Kier molecular flexibility index (Phi) is 9.47. The second-order valence-corrected chi connectivity index (χ2v) is 22.9. The molecule has 0 N–H and O–H groups in total. The zero-order valence-electron chi connectivity index (χ0n) is 44.1. The van der Waals surface area contributed by atoms with Crippen LogP contribution in [0.2, 0.25) is 0 Å². The van der Waals surface area contributed by atoms with E-state index >= 15 is 0 Å². The van der Waals surface area contributed by atoms with Crippen molar-refractivity contribution in [1.29, 1.82) is 0 Å². The quantitative estimate of drug-likeness (QED) is 0.157. The van der Waals surface area contributed by atoms with E-state index in [0.29, 0.717) is 0 Å². The number of fused-ring (bicyclic) bond motifs is 13. The predicted molar refractivity (Wildman–Crippen MR) is 329 cm³/mol. The van der Waals surface area contributed by atoms with Gasteiger partial charge in [-0.05, 0) is 173 Å². The summed E-state index contributed by atoms with van der Waals surface area (Å²) in [6.07, 6.45) is 0. The summed E-state index contributed by atoms with van der Waals surface area (Å²) in [7, 11) is 0. The third-order valence-corrected chi connectivity index (χ3v) is 17.9. The maximum absolute atomic E-state index is 2.48. The molecule has 0 radical (unpaired) electrons. The van der Waals surface area contributed by atoms with Crippen molar-refractivity contribution in [2.45, 2.75) is 38.5 Å². The number of benzene rings is 12. The number of nitrogens with zero attached hydrogens (tertiary/aromatic N) is 2. The summed E-state index contributed by atoms with van der Waals surface area (Å²) in [5.74, 6) is 0. The van der Waals surface area contributed by atoms with Crippen molar-refractivity contribution in [3.63, 3.8) is 0 Å². The Morgan fingerprint density at radius 3 is 1.10 bits per heavy atom. The summed E-state index contributed by atoms with van der Waals surface area (Å²) in [5.41, 5.74) is 27.7. The zero-order chi connectivity index (χ0) is 52.0. The first-order valence-electron chi connectivity index (χ1n) is 27.5. The second kappa shape index (κ2) is 16.5. The molecule has 0 saturated heterocycles. The van der Waals surface area contributed by atoms with Crippen LogP contribution in [0.4, 0.5) is 0 Å². The van der Waals surface area contributed by atoms with E-state index in [0.717, 1.165) is 0 Å². The van der Waals surface area contributed by atoms with Crippen molar-refractivity contribution in [2.24, 2.45) is 0 Å². The topological polar surface area (TPSA) is 9.86 Å². The molecule has 368 valence electrons. The average molecular weight is 995 g/mol. The van der Waals surface area contributed by atoms with Gasteiger partial charge >= 0.3 is 0 Å². The molecule has 0 bridgehead atoms. The maximum atomic E-state index is 2.48. The first-order valence-corrected chi connectivity index (χ1v) is 27.5. The molecule has 0 aliphatic heterocycles. The fraction of sp³-hybridized carbons (Fsp3) is 0.0789. The van der Waals surface area contributed by atoms with E-state index in [1.54, 1.807) is 0 Å². The van der Waals surface area contributed by atoms with Crippen LogP contribution < -0.4 is 0 Å². The minimum absolute atomic E-state index is 0.165. The largest absolute Gasteiger partial charge is 0.309 e. The van der Waals surface area contributed by atoms with Gasteiger partial charge in [0.15, 0.2) is 0 Å². The molecule has 0 saturated carbocycles. The zero-order valence-corrected chi connectivity index (χ0v) is 44.1. The van der Waals surface area contributed by atoms with Crippen molar-refractivity contribution < 1.29 is 0 Å². The maximum Gasteiger partial charge on any atom is 0.0541 e. The van der Waals surface area contributed by atoms with E-state index in [9.17, 15) is 0 Å². The summed E-state index contributed by atoms with van der Waals surface area (Å²) < 4.78 is 4.83. The molecule has 2 heteroatoms. The highest BCUT2D eigenvalue weighted by Gasteiger charge is 2.38. The average Bonchev–Trinajstić information content (AvgIpc) is 4.35. The first-order chi connectivity index (χ1) is 38.2. The van der Waals surface area contributed by atoms with E-state index in [4.69, 9.17) is 0 Å². The van der Waals surface area contributed by atoms with Crippen molar-refractivity contribution in [3.05, 3.63) is 277 Å². The van der Waals surface area contributed by atoms with Gasteiger partial charge in [-0.2, -0.15) is 0 Å². The molecule has 0 spiro atoms. The Balaban J connectivity index is 0.685. The number of rotatable bonds is 6. The van der Waals surface area contributed by atoms with E-state index < -0.39 is 0 Å². The predicted octanol–water partition coefficient (Wildman–Crippen LogP) is 20.3. The van der Waals surface area contributed by atoms with Gasteiger partial charge in [-0.3, -0.25) is 0 Å². The van der Waals surface area contributed by atoms with Gasteiger partial charge in [-0.15, -0.1) is 0 Å². The van der Waals surface area contributed by atoms with Crippen LogP contribution in [0.3, 0.4) is 0 Å². The Morgan fingerprint density at radius 1 is 0.244 bits per heavy atom. The molecule has 2 aliphatic rings. The lowest BCUT2D eigenvalue weighted by Gasteiger charge is -2.24. The second-order valence-electron chi connectivity index (χ2n) is 22.9. The molecule has 0 fully saturated rings. The van der Waals surface area contributed by atoms with Crippen LogP contribution in [0.5, 0.6) is 0 Å². The van der Waals surface area contributed by atoms with Gasteiger partial charge < -0.3 is 9.13 Å². The fourth-order valence-electron chi connectivity index (χ4n) is 13.9. The third kappa shape index (κ3) is 6.50. The van der Waals surface area contributed by atoms with Gasteiger partial charge in [0.25, 0.3) is 0 Å². The lowest BCUT2D eigenvalue weighted by Crippen LogP contribution is -2.15. The number of aromatic nitrogens is 2. The molecule has 0 atom stereocenters. The van der Waals surface area contributed by atoms with E-state index in [1.807, 2.05) is 0 Å². The van der Waals surface area contributed by atoms with Gasteiger partial charge in [0.1, 0.15) is 0 Å². The fourth-order valence-corrected chi connectivity index (χ4v) is 13.9. The SMILES string of the molecule is CC1(C)c2cc(-c3ccc(-c4ccc5c(c4)c4ccccc4n5-c4ccccc4)cc3)ccc2-c2ccc(-c3ccc4c(c3)C(C)(C)c3cc(-c5ccc6c(c5)c5ccccc5n6-c5cccc6ccccc56)ccc3-4)cc21. The minimum Gasteiger partial charge on any atom is -0.309 e. The van der Waals surface area contributed by atoms with Crippen molar-refractivity contribution in [2.75, 3.05) is 0 Å². The Bertz CT molecular complexity index is 4820. The molecule has 2 nitrogen and oxygen atoms in total. The van der Waals surface area contributed by atoms with Crippen LogP contribution in [0.1, 0.15) is 49.9 Å². The molecular formula is C76H54N2. The summed E-state index contributed by atoms with van der Waals surface area (Å²) in [4.78, 5) is 0. The first kappa shape index (κ1) is 44.8. The van der Waals surface area contributed by atoms with Crippen molar-refractivity contribution >= 4 is 54.4 Å². The lowest BCUT2D eigenvalue weighted by molar-refractivity contribution is 0.660. The molecule has 78 heavy (non-hydrogen) atoms. The highest BCUT2D eigenvalue weighted by molar-refractivity contribution is 6.12. The normalized spacial score (nSPS) is 13.8. The van der Waals surface area contributed by atoms with Crippen molar-refractivity contribution in [1.82, 2.24) is 9.13 Å². The van der Waals surface area contributed by atoms with E-state index in [-0.39, 0.29) is 10.8 Å². The van der Waals surface area contributed by atoms with E-state index in [1.165, 1.54) is 155 Å². The molecule has 14 aromatic rings. The van der Waals surface area contributed by atoms with Gasteiger partial charge in [-0.25, -0.2) is 0 Å². The molecule has 2 aromatic heterocycles. The van der Waals surface area contributed by atoms with Crippen LogP contribution in [-0.2, 0) is 10.8 Å². The van der Waals surface area contributed by atoms with Crippen LogP contribution in [0, 0.1) is 0 Å². The smallest absolute Gasteiger partial charge is 0.0541 e. The van der Waals surface area contributed by atoms with Gasteiger partial charge in [0.05, 0.1) is 27.8 Å². The summed E-state index contributed by atoms with van der Waals surface area (Å²) >= 11 is 0. The molecule has 0 unspecified atom stereocenters. The van der Waals surface area contributed by atoms with Crippen LogP contribution in [0.25, 0.3) is 133 Å². The summed E-state index contributed by atoms with van der Waals surface area (Å²) in [6, 6.07) is 95.4.